The lowest BCUT2D eigenvalue weighted by molar-refractivity contribution is 0.140. The van der Waals surface area contributed by atoms with Crippen LogP contribution < -0.4 is 10.6 Å². The van der Waals surface area contributed by atoms with Crippen molar-refractivity contribution in [1.82, 2.24) is 10.6 Å². The van der Waals surface area contributed by atoms with Crippen molar-refractivity contribution in [2.75, 3.05) is 26.2 Å². The predicted octanol–water partition coefficient (Wildman–Crippen LogP) is 1.71. The van der Waals surface area contributed by atoms with Gasteiger partial charge in [0.05, 0.1) is 0 Å². The highest BCUT2D eigenvalue weighted by Gasteiger charge is 2.29. The summed E-state index contributed by atoms with van der Waals surface area (Å²) in [7, 11) is 0. The Hall–Kier alpha value is -0.150. The fourth-order valence-corrected chi connectivity index (χ4v) is 1.85. The molecule has 0 aromatic rings. The normalized spacial score (nSPS) is 29.1. The lowest BCUT2D eigenvalue weighted by Crippen LogP contribution is -2.38. The third kappa shape index (κ3) is 4.38. The first-order valence-electron chi connectivity index (χ1n) is 5.73. The van der Waals surface area contributed by atoms with Crippen LogP contribution >= 0.6 is 0 Å². The Balaban J connectivity index is 2.24. The summed E-state index contributed by atoms with van der Waals surface area (Å²) in [5, 5.41) is 6.45. The lowest BCUT2D eigenvalue weighted by atomic mass is 9.97. The third-order valence-electron chi connectivity index (χ3n) is 2.72. The van der Waals surface area contributed by atoms with Gasteiger partial charge < -0.3 is 10.6 Å². The standard InChI is InChI=1S/C11H23FN2/c1-10(2)8-14-9-11(12)4-3-6-13-7-5-11/h10,13-14H,3-9H2,1-2H3. The Morgan fingerprint density at radius 3 is 2.86 bits per heavy atom. The maximum atomic E-state index is 14.2. The number of rotatable bonds is 4. The summed E-state index contributed by atoms with van der Waals surface area (Å²) < 4.78 is 14.2. The Morgan fingerprint density at radius 1 is 1.36 bits per heavy atom. The van der Waals surface area contributed by atoms with Crippen LogP contribution in [0, 0.1) is 5.92 Å². The highest BCUT2D eigenvalue weighted by atomic mass is 19.1. The predicted molar refractivity (Wildman–Crippen MR) is 58.3 cm³/mol. The third-order valence-corrected chi connectivity index (χ3v) is 2.72. The van der Waals surface area contributed by atoms with Gasteiger partial charge in [-0.1, -0.05) is 13.8 Å². The molecule has 0 saturated carbocycles. The van der Waals surface area contributed by atoms with Crippen molar-refractivity contribution in [2.45, 2.75) is 38.8 Å². The van der Waals surface area contributed by atoms with Gasteiger partial charge in [-0.2, -0.15) is 0 Å². The van der Waals surface area contributed by atoms with Crippen LogP contribution in [-0.2, 0) is 0 Å². The maximum Gasteiger partial charge on any atom is 0.124 e. The molecular formula is C11H23FN2. The van der Waals surface area contributed by atoms with E-state index in [-0.39, 0.29) is 0 Å². The molecule has 0 bridgehead atoms. The average Bonchev–Trinajstić information content (AvgIpc) is 2.30. The summed E-state index contributed by atoms with van der Waals surface area (Å²) in [6.07, 6.45) is 2.31. The van der Waals surface area contributed by atoms with Crippen molar-refractivity contribution in [3.63, 3.8) is 0 Å². The van der Waals surface area contributed by atoms with Crippen LogP contribution in [0.15, 0.2) is 0 Å². The van der Waals surface area contributed by atoms with Crippen LogP contribution in [0.4, 0.5) is 4.39 Å². The van der Waals surface area contributed by atoms with Gasteiger partial charge in [-0.3, -0.25) is 0 Å². The second-order valence-corrected chi connectivity index (χ2v) is 4.78. The van der Waals surface area contributed by atoms with Crippen molar-refractivity contribution in [1.29, 1.82) is 0 Å². The van der Waals surface area contributed by atoms with Gasteiger partial charge >= 0.3 is 0 Å². The number of nitrogens with one attached hydrogen (secondary N) is 2. The summed E-state index contributed by atoms with van der Waals surface area (Å²) in [6, 6.07) is 0. The molecular weight excluding hydrogens is 179 g/mol. The van der Waals surface area contributed by atoms with E-state index in [0.717, 1.165) is 26.1 Å². The Morgan fingerprint density at radius 2 is 2.14 bits per heavy atom. The molecule has 2 N–H and O–H groups in total. The van der Waals surface area contributed by atoms with E-state index < -0.39 is 5.67 Å². The minimum atomic E-state index is -0.974. The molecule has 0 radical (unpaired) electrons. The highest BCUT2D eigenvalue weighted by Crippen LogP contribution is 2.23. The van der Waals surface area contributed by atoms with Gasteiger partial charge in [-0.15, -0.1) is 0 Å². The van der Waals surface area contributed by atoms with Crippen LogP contribution in [0.1, 0.15) is 33.1 Å². The van der Waals surface area contributed by atoms with E-state index in [1.807, 2.05) is 0 Å². The van der Waals surface area contributed by atoms with E-state index in [1.165, 1.54) is 0 Å². The summed E-state index contributed by atoms with van der Waals surface area (Å²) in [4.78, 5) is 0. The van der Waals surface area contributed by atoms with E-state index in [1.54, 1.807) is 0 Å². The molecule has 3 heteroatoms. The molecule has 1 unspecified atom stereocenters. The Bertz CT molecular complexity index is 151. The largest absolute Gasteiger partial charge is 0.317 e. The van der Waals surface area contributed by atoms with Gasteiger partial charge in [0.15, 0.2) is 0 Å². The molecule has 1 aliphatic heterocycles. The first-order chi connectivity index (χ1) is 6.62. The van der Waals surface area contributed by atoms with Crippen LogP contribution in [-0.4, -0.2) is 31.8 Å². The van der Waals surface area contributed by atoms with Crippen molar-refractivity contribution < 1.29 is 4.39 Å². The smallest absolute Gasteiger partial charge is 0.124 e. The average molecular weight is 202 g/mol. The molecule has 0 amide bonds. The van der Waals surface area contributed by atoms with Gasteiger partial charge in [-0.25, -0.2) is 4.39 Å². The number of alkyl halides is 1. The quantitative estimate of drug-likeness (QED) is 0.725. The second kappa shape index (κ2) is 5.66. The molecule has 1 atom stereocenters. The van der Waals surface area contributed by atoms with Crippen molar-refractivity contribution in [3.05, 3.63) is 0 Å². The molecule has 1 heterocycles. The SMILES string of the molecule is CC(C)CNCC1(F)CCCNCC1. The zero-order chi connectivity index (χ0) is 10.4. The van der Waals surface area contributed by atoms with E-state index in [0.29, 0.717) is 25.3 Å². The molecule has 1 saturated heterocycles. The molecule has 1 fully saturated rings. The number of halogens is 1. The van der Waals surface area contributed by atoms with Gasteiger partial charge in [0.1, 0.15) is 5.67 Å². The van der Waals surface area contributed by atoms with Gasteiger partial charge in [0.2, 0.25) is 0 Å². The van der Waals surface area contributed by atoms with Gasteiger partial charge in [0, 0.05) is 6.54 Å². The second-order valence-electron chi connectivity index (χ2n) is 4.78. The molecule has 0 spiro atoms. The molecule has 0 aromatic carbocycles. The van der Waals surface area contributed by atoms with Crippen molar-refractivity contribution in [2.24, 2.45) is 5.92 Å². The molecule has 1 rings (SSSR count). The first-order valence-corrected chi connectivity index (χ1v) is 5.73. The monoisotopic (exact) mass is 202 g/mol. The summed E-state index contributed by atoms with van der Waals surface area (Å²) in [5.41, 5.74) is -0.974. The fourth-order valence-electron chi connectivity index (χ4n) is 1.85. The summed E-state index contributed by atoms with van der Waals surface area (Å²) in [6.45, 7) is 7.51. The number of hydrogen-bond acceptors (Lipinski definition) is 2. The van der Waals surface area contributed by atoms with E-state index in [2.05, 4.69) is 24.5 Å². The molecule has 1 aliphatic rings. The van der Waals surface area contributed by atoms with E-state index in [4.69, 9.17) is 0 Å². The van der Waals surface area contributed by atoms with Crippen LogP contribution in [0.3, 0.4) is 0 Å². The minimum Gasteiger partial charge on any atom is -0.317 e. The molecule has 14 heavy (non-hydrogen) atoms. The van der Waals surface area contributed by atoms with Gasteiger partial charge in [0.25, 0.3) is 0 Å². The summed E-state index contributed by atoms with van der Waals surface area (Å²) >= 11 is 0. The minimum absolute atomic E-state index is 0.521. The molecule has 0 aliphatic carbocycles. The molecule has 84 valence electrons. The van der Waals surface area contributed by atoms with E-state index >= 15 is 0 Å². The molecule has 0 aromatic heterocycles. The Labute approximate surface area is 86.6 Å². The zero-order valence-corrected chi connectivity index (χ0v) is 9.41. The van der Waals surface area contributed by atoms with Gasteiger partial charge in [-0.05, 0) is 44.8 Å². The van der Waals surface area contributed by atoms with Crippen molar-refractivity contribution >= 4 is 0 Å². The number of hydrogen-bond donors (Lipinski definition) is 2. The fraction of sp³-hybridized carbons (Fsp3) is 1.00. The van der Waals surface area contributed by atoms with E-state index in [9.17, 15) is 4.39 Å². The first kappa shape index (κ1) is 11.9. The topological polar surface area (TPSA) is 24.1 Å². The Kier molecular flexibility index (Phi) is 4.82. The van der Waals surface area contributed by atoms with Crippen LogP contribution in [0.25, 0.3) is 0 Å². The van der Waals surface area contributed by atoms with Crippen LogP contribution in [0.2, 0.25) is 0 Å². The lowest BCUT2D eigenvalue weighted by Gasteiger charge is -2.24. The zero-order valence-electron chi connectivity index (χ0n) is 9.41. The summed E-state index contributed by atoms with van der Waals surface area (Å²) in [5.74, 6) is 0.600. The van der Waals surface area contributed by atoms with Crippen LogP contribution in [0.5, 0.6) is 0 Å². The maximum absolute atomic E-state index is 14.2. The highest BCUT2D eigenvalue weighted by molar-refractivity contribution is 4.85. The molecule has 2 nitrogen and oxygen atoms in total. The van der Waals surface area contributed by atoms with Crippen molar-refractivity contribution in [3.8, 4) is 0 Å².